The molecular formula is C17H18O2. The minimum atomic E-state index is -0.168. The third-order valence-electron chi connectivity index (χ3n) is 3.09. The van der Waals surface area contributed by atoms with E-state index in [1.54, 1.807) is 0 Å². The van der Waals surface area contributed by atoms with Crippen LogP contribution in [0.4, 0.5) is 0 Å². The molecule has 2 aromatic rings. The van der Waals surface area contributed by atoms with Crippen LogP contribution in [0, 0.1) is 6.92 Å². The monoisotopic (exact) mass is 254 g/mol. The zero-order chi connectivity index (χ0) is 13.7. The van der Waals surface area contributed by atoms with Gasteiger partial charge >= 0.3 is 5.97 Å². The van der Waals surface area contributed by atoms with Crippen LogP contribution in [0.2, 0.25) is 0 Å². The fraction of sp³-hybridized carbons (Fsp3) is 0.235. The van der Waals surface area contributed by atoms with Crippen molar-refractivity contribution in [2.75, 3.05) is 6.61 Å². The van der Waals surface area contributed by atoms with Gasteiger partial charge in [0.25, 0.3) is 0 Å². The first kappa shape index (κ1) is 13.3. The van der Waals surface area contributed by atoms with Crippen molar-refractivity contribution in [3.63, 3.8) is 0 Å². The number of aryl methyl sites for hydroxylation is 1. The summed E-state index contributed by atoms with van der Waals surface area (Å²) >= 11 is 0. The number of carbonyl (C=O) groups excluding carboxylic acids is 1. The Morgan fingerprint density at radius 3 is 2.42 bits per heavy atom. The van der Waals surface area contributed by atoms with Crippen LogP contribution in [0.3, 0.4) is 0 Å². The van der Waals surface area contributed by atoms with E-state index in [9.17, 15) is 4.79 Å². The van der Waals surface area contributed by atoms with Crippen LogP contribution < -0.4 is 0 Å². The molecule has 0 aliphatic carbocycles. The van der Waals surface area contributed by atoms with Crippen LogP contribution in [0.1, 0.15) is 18.1 Å². The highest BCUT2D eigenvalue weighted by molar-refractivity contribution is 5.74. The fourth-order valence-electron chi connectivity index (χ4n) is 2.07. The van der Waals surface area contributed by atoms with E-state index in [0.29, 0.717) is 13.0 Å². The van der Waals surface area contributed by atoms with Crippen LogP contribution in [-0.4, -0.2) is 12.6 Å². The van der Waals surface area contributed by atoms with Gasteiger partial charge in [-0.15, -0.1) is 0 Å². The highest BCUT2D eigenvalue weighted by atomic mass is 16.5. The molecule has 0 aliphatic heterocycles. The SMILES string of the molecule is CCOC(=O)Cc1ccc(-c2ccccc2)cc1C. The van der Waals surface area contributed by atoms with E-state index in [-0.39, 0.29) is 5.97 Å². The summed E-state index contributed by atoms with van der Waals surface area (Å²) in [6.45, 7) is 4.28. The van der Waals surface area contributed by atoms with E-state index in [4.69, 9.17) is 4.74 Å². The lowest BCUT2D eigenvalue weighted by molar-refractivity contribution is -0.142. The summed E-state index contributed by atoms with van der Waals surface area (Å²) < 4.78 is 4.98. The predicted octanol–water partition coefficient (Wildman–Crippen LogP) is 3.77. The Balaban J connectivity index is 2.20. The van der Waals surface area contributed by atoms with Gasteiger partial charge in [0.1, 0.15) is 0 Å². The van der Waals surface area contributed by atoms with Crippen molar-refractivity contribution in [1.29, 1.82) is 0 Å². The second-order valence-electron chi connectivity index (χ2n) is 4.49. The molecule has 0 amide bonds. The number of carbonyl (C=O) groups is 1. The standard InChI is InChI=1S/C17H18O2/c1-3-19-17(18)12-15-9-10-16(11-13(15)2)14-7-5-4-6-8-14/h4-11H,3,12H2,1-2H3. The summed E-state index contributed by atoms with van der Waals surface area (Å²) in [7, 11) is 0. The summed E-state index contributed by atoms with van der Waals surface area (Å²) in [6, 6.07) is 16.4. The minimum Gasteiger partial charge on any atom is -0.466 e. The van der Waals surface area contributed by atoms with E-state index in [1.807, 2.05) is 38.1 Å². The van der Waals surface area contributed by atoms with Crippen molar-refractivity contribution in [3.05, 3.63) is 59.7 Å². The molecule has 0 fully saturated rings. The van der Waals surface area contributed by atoms with Gasteiger partial charge in [0.2, 0.25) is 0 Å². The van der Waals surface area contributed by atoms with Gasteiger partial charge in [-0.1, -0.05) is 48.5 Å². The molecule has 19 heavy (non-hydrogen) atoms. The molecule has 0 aromatic heterocycles. The number of hydrogen-bond donors (Lipinski definition) is 0. The first-order valence-corrected chi connectivity index (χ1v) is 6.51. The zero-order valence-electron chi connectivity index (χ0n) is 11.3. The van der Waals surface area contributed by atoms with E-state index in [0.717, 1.165) is 11.1 Å². The topological polar surface area (TPSA) is 26.3 Å². The Hall–Kier alpha value is -2.09. The number of benzene rings is 2. The molecule has 0 N–H and O–H groups in total. The first-order valence-electron chi connectivity index (χ1n) is 6.51. The van der Waals surface area contributed by atoms with E-state index >= 15 is 0 Å². The van der Waals surface area contributed by atoms with Crippen molar-refractivity contribution in [2.45, 2.75) is 20.3 Å². The van der Waals surface area contributed by atoms with Crippen LogP contribution in [0.25, 0.3) is 11.1 Å². The number of hydrogen-bond acceptors (Lipinski definition) is 2. The molecule has 0 saturated carbocycles. The minimum absolute atomic E-state index is 0.168. The van der Waals surface area contributed by atoms with Crippen molar-refractivity contribution < 1.29 is 9.53 Å². The van der Waals surface area contributed by atoms with Gasteiger partial charge in [-0.05, 0) is 36.1 Å². The maximum Gasteiger partial charge on any atom is 0.310 e. The summed E-state index contributed by atoms with van der Waals surface area (Å²) in [4.78, 5) is 11.5. The quantitative estimate of drug-likeness (QED) is 0.776. The molecule has 0 atom stereocenters. The highest BCUT2D eigenvalue weighted by Gasteiger charge is 2.07. The van der Waals surface area contributed by atoms with E-state index in [1.165, 1.54) is 11.1 Å². The molecule has 0 bridgehead atoms. The van der Waals surface area contributed by atoms with Crippen LogP contribution in [0.15, 0.2) is 48.5 Å². The average Bonchev–Trinajstić information content (AvgIpc) is 2.42. The van der Waals surface area contributed by atoms with Gasteiger partial charge in [0.15, 0.2) is 0 Å². The van der Waals surface area contributed by atoms with Crippen LogP contribution in [-0.2, 0) is 16.0 Å². The van der Waals surface area contributed by atoms with Gasteiger partial charge in [0, 0.05) is 0 Å². The Labute approximate surface area is 114 Å². The molecule has 0 saturated heterocycles. The Bertz CT molecular complexity index is 559. The molecule has 98 valence electrons. The number of ether oxygens (including phenoxy) is 1. The lowest BCUT2D eigenvalue weighted by atomic mass is 9.98. The molecule has 0 heterocycles. The zero-order valence-corrected chi connectivity index (χ0v) is 11.3. The molecule has 0 spiro atoms. The van der Waals surface area contributed by atoms with E-state index in [2.05, 4.69) is 24.3 Å². The van der Waals surface area contributed by atoms with Crippen LogP contribution >= 0.6 is 0 Å². The maximum atomic E-state index is 11.5. The lowest BCUT2D eigenvalue weighted by Gasteiger charge is -2.08. The molecule has 2 heteroatoms. The number of rotatable bonds is 4. The second-order valence-corrected chi connectivity index (χ2v) is 4.49. The summed E-state index contributed by atoms with van der Waals surface area (Å²) in [5.74, 6) is -0.168. The van der Waals surface area contributed by atoms with Gasteiger partial charge in [-0.3, -0.25) is 4.79 Å². The Kier molecular flexibility index (Phi) is 4.35. The molecule has 2 rings (SSSR count). The second kappa shape index (κ2) is 6.19. The van der Waals surface area contributed by atoms with Gasteiger partial charge in [0.05, 0.1) is 13.0 Å². The third kappa shape index (κ3) is 3.44. The van der Waals surface area contributed by atoms with Gasteiger partial charge in [-0.2, -0.15) is 0 Å². The molecular weight excluding hydrogens is 236 g/mol. The summed E-state index contributed by atoms with van der Waals surface area (Å²) in [5.41, 5.74) is 4.51. The Morgan fingerprint density at radius 1 is 1.05 bits per heavy atom. The highest BCUT2D eigenvalue weighted by Crippen LogP contribution is 2.22. The Morgan fingerprint density at radius 2 is 1.79 bits per heavy atom. The van der Waals surface area contributed by atoms with Crippen molar-refractivity contribution in [1.82, 2.24) is 0 Å². The normalized spacial score (nSPS) is 10.2. The van der Waals surface area contributed by atoms with Crippen LogP contribution in [0.5, 0.6) is 0 Å². The molecule has 2 nitrogen and oxygen atoms in total. The van der Waals surface area contributed by atoms with Crippen molar-refractivity contribution in [2.24, 2.45) is 0 Å². The predicted molar refractivity (Wildman–Crippen MR) is 77.0 cm³/mol. The molecule has 2 aromatic carbocycles. The third-order valence-corrected chi connectivity index (χ3v) is 3.09. The molecule has 0 radical (unpaired) electrons. The molecule has 0 aliphatic rings. The summed E-state index contributed by atoms with van der Waals surface area (Å²) in [6.07, 6.45) is 0.342. The fourth-order valence-corrected chi connectivity index (χ4v) is 2.07. The van der Waals surface area contributed by atoms with Gasteiger partial charge in [-0.25, -0.2) is 0 Å². The van der Waals surface area contributed by atoms with Crippen molar-refractivity contribution in [3.8, 4) is 11.1 Å². The number of esters is 1. The van der Waals surface area contributed by atoms with Gasteiger partial charge < -0.3 is 4.74 Å². The molecule has 0 unspecified atom stereocenters. The first-order chi connectivity index (χ1) is 9.20. The summed E-state index contributed by atoms with van der Waals surface area (Å²) in [5, 5.41) is 0. The smallest absolute Gasteiger partial charge is 0.310 e. The van der Waals surface area contributed by atoms with Crippen molar-refractivity contribution >= 4 is 5.97 Å². The van der Waals surface area contributed by atoms with E-state index < -0.39 is 0 Å². The maximum absolute atomic E-state index is 11.5. The lowest BCUT2D eigenvalue weighted by Crippen LogP contribution is -2.08. The average molecular weight is 254 g/mol. The largest absolute Gasteiger partial charge is 0.466 e.